The van der Waals surface area contributed by atoms with Crippen LogP contribution in [0.3, 0.4) is 0 Å². The van der Waals surface area contributed by atoms with E-state index < -0.39 is 0 Å². The summed E-state index contributed by atoms with van der Waals surface area (Å²) in [5.74, 6) is 4.04. The zero-order chi connectivity index (χ0) is 10.7. The lowest BCUT2D eigenvalue weighted by atomic mass is 9.87. The summed E-state index contributed by atoms with van der Waals surface area (Å²) < 4.78 is 0. The van der Waals surface area contributed by atoms with Crippen molar-refractivity contribution in [2.45, 2.75) is 19.3 Å². The second-order valence-corrected chi connectivity index (χ2v) is 5.35. The average Bonchev–Trinajstić information content (AvgIpc) is 2.82. The Kier molecular flexibility index (Phi) is 3.47. The van der Waals surface area contributed by atoms with Crippen LogP contribution >= 0.6 is 11.8 Å². The highest BCUT2D eigenvalue weighted by molar-refractivity contribution is 7.99. The Hall–Kier alpha value is -0.760. The van der Waals surface area contributed by atoms with E-state index in [4.69, 9.17) is 0 Å². The Bertz CT molecular complexity index is 325. The molecule has 0 spiro atoms. The summed E-state index contributed by atoms with van der Waals surface area (Å²) in [5.41, 5.74) is 2.14. The molecule has 1 aromatic rings. The number of rotatable bonds is 3. The molecule has 0 bridgehead atoms. The summed E-state index contributed by atoms with van der Waals surface area (Å²) in [6, 6.07) is 8.02. The molecular weight excluding hydrogens is 204 g/mol. The number of hydrogen-bond acceptors (Lipinski definition) is 2. The molecule has 1 heterocycles. The lowest BCUT2D eigenvalue weighted by Crippen LogP contribution is -2.08. The molecule has 1 aliphatic heterocycles. The number of carbonyl (C=O) groups excluding carboxylic acids is 1. The summed E-state index contributed by atoms with van der Waals surface area (Å²) in [6.07, 6.45) is 2.24. The van der Waals surface area contributed by atoms with E-state index in [-0.39, 0.29) is 0 Å². The van der Waals surface area contributed by atoms with Crippen LogP contribution in [0.1, 0.15) is 35.2 Å². The quantitative estimate of drug-likeness (QED) is 0.727. The summed E-state index contributed by atoms with van der Waals surface area (Å²) in [6.45, 7) is 2.30. The Labute approximate surface area is 95.3 Å². The molecule has 15 heavy (non-hydrogen) atoms. The molecular formula is C13H16OS. The van der Waals surface area contributed by atoms with Crippen LogP contribution in [0.4, 0.5) is 0 Å². The molecule has 0 amide bonds. The van der Waals surface area contributed by atoms with Crippen LogP contribution in [0.5, 0.6) is 0 Å². The zero-order valence-corrected chi connectivity index (χ0v) is 9.80. The maximum absolute atomic E-state index is 10.5. The van der Waals surface area contributed by atoms with Crippen LogP contribution in [0, 0.1) is 5.92 Å². The molecule has 1 nitrogen and oxygen atoms in total. The molecule has 2 atom stereocenters. The molecule has 0 radical (unpaired) electrons. The van der Waals surface area contributed by atoms with Crippen molar-refractivity contribution < 1.29 is 4.79 Å². The van der Waals surface area contributed by atoms with Crippen LogP contribution in [0.25, 0.3) is 0 Å². The Morgan fingerprint density at radius 1 is 1.40 bits per heavy atom. The van der Waals surface area contributed by atoms with Crippen molar-refractivity contribution >= 4 is 18.0 Å². The minimum Gasteiger partial charge on any atom is -0.298 e. The van der Waals surface area contributed by atoms with Crippen molar-refractivity contribution in [3.05, 3.63) is 35.4 Å². The van der Waals surface area contributed by atoms with Crippen LogP contribution in [-0.2, 0) is 0 Å². The van der Waals surface area contributed by atoms with Crippen LogP contribution in [0.2, 0.25) is 0 Å². The van der Waals surface area contributed by atoms with Crippen LogP contribution < -0.4 is 0 Å². The zero-order valence-electron chi connectivity index (χ0n) is 8.98. The first kappa shape index (κ1) is 10.7. The van der Waals surface area contributed by atoms with Gasteiger partial charge in [-0.25, -0.2) is 0 Å². The van der Waals surface area contributed by atoms with E-state index in [1.807, 2.05) is 12.1 Å². The van der Waals surface area contributed by atoms with E-state index in [0.29, 0.717) is 5.92 Å². The number of carbonyl (C=O) groups is 1. The molecule has 2 unspecified atom stereocenters. The van der Waals surface area contributed by atoms with E-state index in [1.165, 1.54) is 23.5 Å². The Morgan fingerprint density at radius 3 is 2.67 bits per heavy atom. The molecule has 2 heteroatoms. The molecule has 0 N–H and O–H groups in total. The molecule has 80 valence electrons. The predicted molar refractivity (Wildman–Crippen MR) is 65.7 cm³/mol. The minimum absolute atomic E-state index is 0.626. The van der Waals surface area contributed by atoms with Gasteiger partial charge < -0.3 is 0 Å². The SMILES string of the molecule is CC(c1ccc(C=O)cc1)C1CCSC1. The normalized spacial score (nSPS) is 22.6. The number of hydrogen-bond donors (Lipinski definition) is 0. The van der Waals surface area contributed by atoms with Gasteiger partial charge in [0.2, 0.25) is 0 Å². The molecule has 0 saturated carbocycles. The molecule has 1 aliphatic rings. The second-order valence-electron chi connectivity index (χ2n) is 4.20. The first-order valence-electron chi connectivity index (χ1n) is 5.44. The molecule has 1 fully saturated rings. The first-order valence-corrected chi connectivity index (χ1v) is 6.59. The van der Waals surface area contributed by atoms with Gasteiger partial charge in [0.1, 0.15) is 6.29 Å². The third-order valence-corrected chi connectivity index (χ3v) is 4.46. The Morgan fingerprint density at radius 2 is 2.13 bits per heavy atom. The second kappa shape index (κ2) is 4.84. The third-order valence-electron chi connectivity index (χ3n) is 3.27. The highest BCUT2D eigenvalue weighted by Gasteiger charge is 2.22. The van der Waals surface area contributed by atoms with Crippen molar-refractivity contribution in [1.29, 1.82) is 0 Å². The summed E-state index contributed by atoms with van der Waals surface area (Å²) in [7, 11) is 0. The van der Waals surface area contributed by atoms with Crippen LogP contribution in [-0.4, -0.2) is 17.8 Å². The van der Waals surface area contributed by atoms with Crippen molar-refractivity contribution in [2.75, 3.05) is 11.5 Å². The van der Waals surface area contributed by atoms with Gasteiger partial charge in [-0.15, -0.1) is 0 Å². The van der Waals surface area contributed by atoms with Gasteiger partial charge in [0.25, 0.3) is 0 Å². The first-order chi connectivity index (χ1) is 7.31. The van der Waals surface area contributed by atoms with Gasteiger partial charge in [-0.05, 0) is 35.3 Å². The van der Waals surface area contributed by atoms with E-state index in [9.17, 15) is 4.79 Å². The Balaban J connectivity index is 2.10. The maximum Gasteiger partial charge on any atom is 0.150 e. The molecule has 2 rings (SSSR count). The van der Waals surface area contributed by atoms with E-state index >= 15 is 0 Å². The fraction of sp³-hybridized carbons (Fsp3) is 0.462. The van der Waals surface area contributed by atoms with Gasteiger partial charge in [-0.2, -0.15) is 11.8 Å². The lowest BCUT2D eigenvalue weighted by Gasteiger charge is -2.18. The fourth-order valence-corrected chi connectivity index (χ4v) is 3.49. The largest absolute Gasteiger partial charge is 0.298 e. The fourth-order valence-electron chi connectivity index (χ4n) is 2.10. The topological polar surface area (TPSA) is 17.1 Å². The summed E-state index contributed by atoms with van der Waals surface area (Å²) in [4.78, 5) is 10.5. The highest BCUT2D eigenvalue weighted by Crippen LogP contribution is 2.35. The van der Waals surface area contributed by atoms with Crippen molar-refractivity contribution in [3.8, 4) is 0 Å². The predicted octanol–water partition coefficient (Wildman–Crippen LogP) is 3.36. The van der Waals surface area contributed by atoms with Crippen molar-refractivity contribution in [2.24, 2.45) is 5.92 Å². The van der Waals surface area contributed by atoms with Gasteiger partial charge in [0.15, 0.2) is 0 Å². The van der Waals surface area contributed by atoms with E-state index in [2.05, 4.69) is 30.8 Å². The van der Waals surface area contributed by atoms with Crippen molar-refractivity contribution in [1.82, 2.24) is 0 Å². The average molecular weight is 220 g/mol. The summed E-state index contributed by atoms with van der Waals surface area (Å²) in [5, 5.41) is 0. The maximum atomic E-state index is 10.5. The highest BCUT2D eigenvalue weighted by atomic mass is 32.2. The molecule has 0 aromatic heterocycles. The van der Waals surface area contributed by atoms with Crippen LogP contribution in [0.15, 0.2) is 24.3 Å². The number of aldehydes is 1. The van der Waals surface area contributed by atoms with E-state index in [0.717, 1.165) is 17.8 Å². The molecule has 0 aliphatic carbocycles. The smallest absolute Gasteiger partial charge is 0.150 e. The van der Waals surface area contributed by atoms with Crippen molar-refractivity contribution in [3.63, 3.8) is 0 Å². The van der Waals surface area contributed by atoms with Gasteiger partial charge in [-0.1, -0.05) is 31.2 Å². The monoisotopic (exact) mass is 220 g/mol. The molecule has 1 aromatic carbocycles. The molecule has 1 saturated heterocycles. The van der Waals surface area contributed by atoms with Gasteiger partial charge in [-0.3, -0.25) is 4.79 Å². The minimum atomic E-state index is 0.626. The van der Waals surface area contributed by atoms with Gasteiger partial charge in [0.05, 0.1) is 0 Å². The number of thioether (sulfide) groups is 1. The standard InChI is InChI=1S/C13H16OS/c1-10(13-6-7-15-9-13)12-4-2-11(8-14)3-5-12/h2-5,8,10,13H,6-7,9H2,1H3. The number of benzene rings is 1. The van der Waals surface area contributed by atoms with E-state index in [1.54, 1.807) is 0 Å². The lowest BCUT2D eigenvalue weighted by molar-refractivity contribution is 0.112. The van der Waals surface area contributed by atoms with Gasteiger partial charge >= 0.3 is 0 Å². The summed E-state index contributed by atoms with van der Waals surface area (Å²) >= 11 is 2.06. The van der Waals surface area contributed by atoms with Gasteiger partial charge in [0, 0.05) is 5.56 Å². The third kappa shape index (κ3) is 2.43.